The van der Waals surface area contributed by atoms with Gasteiger partial charge in [0.1, 0.15) is 23.5 Å². The quantitative estimate of drug-likeness (QED) is 0.303. The summed E-state index contributed by atoms with van der Waals surface area (Å²) in [6, 6.07) is 17.7. The highest BCUT2D eigenvalue weighted by atomic mass is 127. The van der Waals surface area contributed by atoms with E-state index in [2.05, 4.69) is 55.6 Å². The lowest BCUT2D eigenvalue weighted by Crippen LogP contribution is -2.49. The van der Waals surface area contributed by atoms with E-state index < -0.39 is 0 Å². The van der Waals surface area contributed by atoms with E-state index in [0.29, 0.717) is 28.9 Å². The predicted molar refractivity (Wildman–Crippen MR) is 127 cm³/mol. The molecule has 1 amide bonds. The molecule has 1 fully saturated rings. The number of carbonyl (C=O) groups is 1. The summed E-state index contributed by atoms with van der Waals surface area (Å²) in [5, 5.41) is 18.3. The van der Waals surface area contributed by atoms with Crippen LogP contribution >= 0.6 is 38.5 Å². The lowest BCUT2D eigenvalue weighted by atomic mass is 10.1. The molecule has 2 aromatic rings. The first kappa shape index (κ1) is 22.1. The second-order valence-electron chi connectivity index (χ2n) is 6.55. The molecule has 30 heavy (non-hydrogen) atoms. The van der Waals surface area contributed by atoms with Gasteiger partial charge in [-0.1, -0.05) is 18.2 Å². The molecule has 3 rings (SSSR count). The fourth-order valence-electron chi connectivity index (χ4n) is 3.19. The molecule has 1 saturated heterocycles. The third-order valence-electron chi connectivity index (χ3n) is 4.65. The molecule has 1 heterocycles. The Hall–Kier alpha value is -2.56. The molecule has 2 aromatic carbocycles. The standard InChI is InChI=1S/C22H18BrIN4O2/c23-19-13-16(14-20(24)21(19)30-11-6-25)12-17(15-26)22(29)28-9-7-27(8-10-28)18-4-2-1-3-5-18/h1-5,12-14H,7-11H2/b17-12-. The summed E-state index contributed by atoms with van der Waals surface area (Å²) in [7, 11) is 0. The topological polar surface area (TPSA) is 80.4 Å². The second kappa shape index (κ2) is 10.5. The largest absolute Gasteiger partial charge is 0.476 e. The average molecular weight is 577 g/mol. The first-order valence-electron chi connectivity index (χ1n) is 9.23. The van der Waals surface area contributed by atoms with Crippen molar-refractivity contribution in [2.24, 2.45) is 0 Å². The molecule has 0 spiro atoms. The summed E-state index contributed by atoms with van der Waals surface area (Å²) < 4.78 is 6.86. The van der Waals surface area contributed by atoms with Gasteiger partial charge in [0, 0.05) is 31.9 Å². The van der Waals surface area contributed by atoms with Crippen LogP contribution in [0.5, 0.6) is 5.75 Å². The van der Waals surface area contributed by atoms with Gasteiger partial charge in [-0.25, -0.2) is 0 Å². The number of halogens is 2. The number of anilines is 1. The Morgan fingerprint density at radius 1 is 1.17 bits per heavy atom. The van der Waals surface area contributed by atoms with Gasteiger partial charge in [-0.15, -0.1) is 0 Å². The van der Waals surface area contributed by atoms with E-state index in [1.807, 2.05) is 36.4 Å². The van der Waals surface area contributed by atoms with Crippen molar-refractivity contribution in [3.63, 3.8) is 0 Å². The first-order chi connectivity index (χ1) is 14.5. The molecule has 8 heteroatoms. The molecule has 0 N–H and O–H groups in total. The van der Waals surface area contributed by atoms with Gasteiger partial charge in [-0.05, 0) is 74.4 Å². The number of ether oxygens (including phenoxy) is 1. The van der Waals surface area contributed by atoms with E-state index in [1.54, 1.807) is 17.0 Å². The number of benzene rings is 2. The molecule has 0 aromatic heterocycles. The number of para-hydroxylation sites is 1. The van der Waals surface area contributed by atoms with Crippen molar-refractivity contribution < 1.29 is 9.53 Å². The molecule has 0 bridgehead atoms. The number of hydrogen-bond donors (Lipinski definition) is 0. The van der Waals surface area contributed by atoms with Crippen molar-refractivity contribution in [2.75, 3.05) is 37.7 Å². The molecule has 0 atom stereocenters. The second-order valence-corrected chi connectivity index (χ2v) is 8.56. The van der Waals surface area contributed by atoms with Crippen molar-refractivity contribution in [3.8, 4) is 17.9 Å². The van der Waals surface area contributed by atoms with Crippen LogP contribution < -0.4 is 9.64 Å². The van der Waals surface area contributed by atoms with E-state index in [4.69, 9.17) is 10.00 Å². The molecule has 0 saturated carbocycles. The van der Waals surface area contributed by atoms with Crippen molar-refractivity contribution in [2.45, 2.75) is 0 Å². The van der Waals surface area contributed by atoms with Crippen LogP contribution in [0.15, 0.2) is 52.5 Å². The van der Waals surface area contributed by atoms with Gasteiger partial charge in [0.05, 0.1) is 8.04 Å². The Morgan fingerprint density at radius 3 is 2.47 bits per heavy atom. The van der Waals surface area contributed by atoms with E-state index in [1.165, 1.54) is 0 Å². The molecule has 0 unspecified atom stereocenters. The van der Waals surface area contributed by atoms with Crippen LogP contribution in [0.1, 0.15) is 5.56 Å². The number of hydrogen-bond acceptors (Lipinski definition) is 5. The maximum Gasteiger partial charge on any atom is 0.264 e. The number of nitriles is 2. The van der Waals surface area contributed by atoms with Gasteiger partial charge in [0.15, 0.2) is 6.61 Å². The highest BCUT2D eigenvalue weighted by Crippen LogP contribution is 2.32. The molecular weight excluding hydrogens is 559 g/mol. The van der Waals surface area contributed by atoms with Gasteiger partial charge in [0.2, 0.25) is 0 Å². The van der Waals surface area contributed by atoms with E-state index >= 15 is 0 Å². The van der Waals surface area contributed by atoms with Crippen molar-refractivity contribution >= 4 is 56.2 Å². The van der Waals surface area contributed by atoms with Crippen LogP contribution in [-0.4, -0.2) is 43.6 Å². The van der Waals surface area contributed by atoms with E-state index in [0.717, 1.165) is 22.3 Å². The Kier molecular flexibility index (Phi) is 7.72. The van der Waals surface area contributed by atoms with Crippen molar-refractivity contribution in [3.05, 3.63) is 61.6 Å². The highest BCUT2D eigenvalue weighted by molar-refractivity contribution is 14.1. The minimum Gasteiger partial charge on any atom is -0.476 e. The van der Waals surface area contributed by atoms with Crippen molar-refractivity contribution in [1.82, 2.24) is 4.90 Å². The lowest BCUT2D eigenvalue weighted by molar-refractivity contribution is -0.126. The third-order valence-corrected chi connectivity index (χ3v) is 6.04. The maximum atomic E-state index is 12.9. The zero-order valence-corrected chi connectivity index (χ0v) is 19.8. The smallest absolute Gasteiger partial charge is 0.264 e. The van der Waals surface area contributed by atoms with Gasteiger partial charge in [-0.2, -0.15) is 10.5 Å². The summed E-state index contributed by atoms with van der Waals surface area (Å²) in [6.07, 6.45) is 1.59. The number of carbonyl (C=O) groups excluding carboxylic acids is 1. The third kappa shape index (κ3) is 5.32. The Morgan fingerprint density at radius 2 is 1.87 bits per heavy atom. The SMILES string of the molecule is N#CCOc1c(Br)cc(/C=C(/C#N)C(=O)N2CCN(c3ccccc3)CC2)cc1I. The zero-order chi connectivity index (χ0) is 21.5. The summed E-state index contributed by atoms with van der Waals surface area (Å²) in [5.41, 5.74) is 1.94. The molecule has 1 aliphatic heterocycles. The first-order valence-corrected chi connectivity index (χ1v) is 11.1. The van der Waals surface area contributed by atoms with Crippen LogP contribution in [0.4, 0.5) is 5.69 Å². The molecule has 152 valence electrons. The zero-order valence-electron chi connectivity index (χ0n) is 16.0. The molecule has 0 aliphatic carbocycles. The summed E-state index contributed by atoms with van der Waals surface area (Å²) >= 11 is 5.53. The molecule has 6 nitrogen and oxygen atoms in total. The van der Waals surface area contributed by atoms with E-state index in [9.17, 15) is 10.1 Å². The van der Waals surface area contributed by atoms with Crippen LogP contribution in [0.2, 0.25) is 0 Å². The lowest BCUT2D eigenvalue weighted by Gasteiger charge is -2.36. The summed E-state index contributed by atoms with van der Waals surface area (Å²) in [6.45, 7) is 2.52. The van der Waals surface area contributed by atoms with E-state index in [-0.39, 0.29) is 18.1 Å². The normalized spacial score (nSPS) is 14.1. The number of piperazine rings is 1. The molecule has 1 aliphatic rings. The average Bonchev–Trinajstić information content (AvgIpc) is 2.77. The van der Waals surface area contributed by atoms with Crippen LogP contribution in [0.3, 0.4) is 0 Å². The number of rotatable bonds is 5. The fourth-order valence-corrected chi connectivity index (χ4v) is 4.96. The van der Waals surface area contributed by atoms with Gasteiger partial charge in [0.25, 0.3) is 5.91 Å². The van der Waals surface area contributed by atoms with Gasteiger partial charge < -0.3 is 14.5 Å². The maximum absolute atomic E-state index is 12.9. The molecular formula is C22H18BrIN4O2. The minimum absolute atomic E-state index is 0.0549. The Bertz CT molecular complexity index is 1010. The number of nitrogens with zero attached hydrogens (tertiary/aromatic N) is 4. The van der Waals surface area contributed by atoms with Crippen LogP contribution in [0.25, 0.3) is 6.08 Å². The van der Waals surface area contributed by atoms with Gasteiger partial charge in [-0.3, -0.25) is 4.79 Å². The minimum atomic E-state index is -0.263. The number of amides is 1. The predicted octanol–water partition coefficient (Wildman–Crippen LogP) is 4.21. The summed E-state index contributed by atoms with van der Waals surface area (Å²) in [4.78, 5) is 16.9. The summed E-state index contributed by atoms with van der Waals surface area (Å²) in [5.74, 6) is 0.303. The molecule has 0 radical (unpaired) electrons. The van der Waals surface area contributed by atoms with Crippen molar-refractivity contribution in [1.29, 1.82) is 10.5 Å². The Labute approximate surface area is 197 Å². The fraction of sp³-hybridized carbons (Fsp3) is 0.227. The van der Waals surface area contributed by atoms with Crippen LogP contribution in [-0.2, 0) is 4.79 Å². The monoisotopic (exact) mass is 576 g/mol. The van der Waals surface area contributed by atoms with Gasteiger partial charge >= 0.3 is 0 Å². The Balaban J connectivity index is 1.72. The van der Waals surface area contributed by atoms with Crippen LogP contribution in [0, 0.1) is 26.2 Å². The highest BCUT2D eigenvalue weighted by Gasteiger charge is 2.24.